The number of fused-ring (bicyclic) bond motifs is 1. The molecule has 0 bridgehead atoms. The predicted octanol–water partition coefficient (Wildman–Crippen LogP) is 2.03. The molecule has 0 saturated carbocycles. The molecule has 0 aliphatic carbocycles. The van der Waals surface area contributed by atoms with Crippen LogP contribution < -0.4 is 20.0 Å². The maximum Gasteiger partial charge on any atom is 0.227 e. The van der Waals surface area contributed by atoms with Gasteiger partial charge in [0.15, 0.2) is 0 Å². The zero-order valence-corrected chi connectivity index (χ0v) is 22.9. The quantitative estimate of drug-likeness (QED) is 0.531. The topological polar surface area (TPSA) is 96.7 Å². The molecule has 2 aromatic heterocycles. The minimum Gasteiger partial charge on any atom is -0.370 e. The number of morpholine rings is 1. The monoisotopic (exact) mass is 527 g/mol. The van der Waals surface area contributed by atoms with Gasteiger partial charge in [-0.1, -0.05) is 0 Å². The van der Waals surface area contributed by atoms with Crippen molar-refractivity contribution in [2.24, 2.45) is 0 Å². The lowest BCUT2D eigenvalue weighted by Gasteiger charge is -2.42. The van der Waals surface area contributed by atoms with Crippen LogP contribution in [0.15, 0.2) is 36.5 Å². The molecule has 3 aliphatic heterocycles. The fourth-order valence-electron chi connectivity index (χ4n) is 6.02. The smallest absolute Gasteiger partial charge is 0.227 e. The van der Waals surface area contributed by atoms with Gasteiger partial charge in [0, 0.05) is 101 Å². The predicted molar refractivity (Wildman–Crippen MR) is 154 cm³/mol. The van der Waals surface area contributed by atoms with E-state index in [2.05, 4.69) is 68.0 Å². The standard InChI is InChI=1S/C29H37N9O/c1-21-16-27(36-10-8-31-9-11-36)34-29(33-21)37-14-12-35(13-15-37)19-24-20-38(18-22(2)39-24)26-6-5-23(17-30)28-25(26)4-3-7-32-28/h3-7,16,22,24,31H,8-15,18-20H2,1-2H3/t22-,24+/m1/s1. The number of benzene rings is 1. The van der Waals surface area contributed by atoms with E-state index in [4.69, 9.17) is 14.7 Å². The van der Waals surface area contributed by atoms with E-state index in [1.54, 1.807) is 6.20 Å². The van der Waals surface area contributed by atoms with Gasteiger partial charge in [0.25, 0.3) is 0 Å². The fourth-order valence-corrected chi connectivity index (χ4v) is 6.02. The van der Waals surface area contributed by atoms with Gasteiger partial charge in [-0.05, 0) is 38.1 Å². The molecule has 39 heavy (non-hydrogen) atoms. The van der Waals surface area contributed by atoms with E-state index in [0.29, 0.717) is 5.56 Å². The van der Waals surface area contributed by atoms with E-state index in [-0.39, 0.29) is 12.2 Å². The second kappa shape index (κ2) is 11.3. The Morgan fingerprint density at radius 1 is 1.00 bits per heavy atom. The number of aromatic nitrogens is 3. The number of nitrogens with zero attached hydrogens (tertiary/aromatic N) is 8. The Labute approximate surface area is 230 Å². The summed E-state index contributed by atoms with van der Waals surface area (Å²) in [4.78, 5) is 23.8. The molecule has 10 nitrogen and oxygen atoms in total. The normalized spacial score (nSPS) is 22.7. The Morgan fingerprint density at radius 2 is 1.82 bits per heavy atom. The van der Waals surface area contributed by atoms with E-state index < -0.39 is 0 Å². The van der Waals surface area contributed by atoms with Crippen molar-refractivity contribution < 1.29 is 4.74 Å². The zero-order chi connectivity index (χ0) is 26.8. The van der Waals surface area contributed by atoms with Crippen LogP contribution in [-0.2, 0) is 4.74 Å². The summed E-state index contributed by atoms with van der Waals surface area (Å²) in [6.45, 7) is 14.4. The molecule has 1 N–H and O–H groups in total. The minimum absolute atomic E-state index is 0.109. The average Bonchev–Trinajstić information content (AvgIpc) is 2.97. The lowest BCUT2D eigenvalue weighted by molar-refractivity contribution is -0.0327. The second-order valence-electron chi connectivity index (χ2n) is 10.8. The third kappa shape index (κ3) is 5.62. The van der Waals surface area contributed by atoms with E-state index in [1.807, 2.05) is 12.1 Å². The van der Waals surface area contributed by atoms with Crippen molar-refractivity contribution in [1.82, 2.24) is 25.2 Å². The highest BCUT2D eigenvalue weighted by Crippen LogP contribution is 2.30. The largest absolute Gasteiger partial charge is 0.370 e. The molecule has 0 amide bonds. The number of nitriles is 1. The van der Waals surface area contributed by atoms with Gasteiger partial charge in [-0.25, -0.2) is 4.98 Å². The Morgan fingerprint density at radius 3 is 2.62 bits per heavy atom. The first-order valence-electron chi connectivity index (χ1n) is 14.0. The van der Waals surface area contributed by atoms with Crippen LogP contribution in [0.1, 0.15) is 18.2 Å². The van der Waals surface area contributed by atoms with Crippen molar-refractivity contribution in [2.75, 3.05) is 86.7 Å². The lowest BCUT2D eigenvalue weighted by Crippen LogP contribution is -2.54. The SMILES string of the molecule is Cc1cc(N2CCNCC2)nc(N2CCN(C[C@H]3CN(c4ccc(C#N)c5ncccc45)C[C@@H](C)O3)CC2)n1. The fraction of sp³-hybridized carbons (Fsp3) is 0.517. The van der Waals surface area contributed by atoms with Gasteiger partial charge in [0.1, 0.15) is 11.9 Å². The van der Waals surface area contributed by atoms with Crippen LogP contribution in [0.2, 0.25) is 0 Å². The maximum absolute atomic E-state index is 9.54. The van der Waals surface area contributed by atoms with Gasteiger partial charge >= 0.3 is 0 Å². The highest BCUT2D eigenvalue weighted by Gasteiger charge is 2.30. The van der Waals surface area contributed by atoms with Crippen molar-refractivity contribution in [3.63, 3.8) is 0 Å². The molecule has 0 unspecified atom stereocenters. The minimum atomic E-state index is 0.109. The van der Waals surface area contributed by atoms with Crippen LogP contribution >= 0.6 is 0 Å². The number of nitrogens with one attached hydrogen (secondary N) is 1. The molecule has 5 heterocycles. The number of aryl methyl sites for hydroxylation is 1. The van der Waals surface area contributed by atoms with Crippen molar-refractivity contribution in [1.29, 1.82) is 5.26 Å². The number of hydrogen-bond donors (Lipinski definition) is 1. The second-order valence-corrected chi connectivity index (χ2v) is 10.8. The number of anilines is 3. The highest BCUT2D eigenvalue weighted by molar-refractivity contribution is 5.95. The van der Waals surface area contributed by atoms with Crippen LogP contribution in [0, 0.1) is 18.3 Å². The van der Waals surface area contributed by atoms with Gasteiger partial charge in [-0.15, -0.1) is 0 Å². The summed E-state index contributed by atoms with van der Waals surface area (Å²) < 4.78 is 6.41. The summed E-state index contributed by atoms with van der Waals surface area (Å²) in [7, 11) is 0. The van der Waals surface area contributed by atoms with Crippen molar-refractivity contribution in [3.05, 3.63) is 47.8 Å². The summed E-state index contributed by atoms with van der Waals surface area (Å²) in [6.07, 6.45) is 1.99. The Kier molecular flexibility index (Phi) is 7.46. The van der Waals surface area contributed by atoms with E-state index in [9.17, 15) is 5.26 Å². The number of hydrogen-bond acceptors (Lipinski definition) is 10. The molecule has 10 heteroatoms. The third-order valence-electron chi connectivity index (χ3n) is 7.92. The van der Waals surface area contributed by atoms with Crippen molar-refractivity contribution in [2.45, 2.75) is 26.1 Å². The number of piperazine rings is 2. The first-order chi connectivity index (χ1) is 19.1. The van der Waals surface area contributed by atoms with Crippen molar-refractivity contribution >= 4 is 28.4 Å². The molecule has 3 aromatic rings. The van der Waals surface area contributed by atoms with E-state index in [1.165, 1.54) is 0 Å². The molecule has 3 fully saturated rings. The highest BCUT2D eigenvalue weighted by atomic mass is 16.5. The van der Waals surface area contributed by atoms with Gasteiger partial charge in [0.2, 0.25) is 5.95 Å². The first-order valence-corrected chi connectivity index (χ1v) is 14.0. The molecule has 0 spiro atoms. The van der Waals surface area contributed by atoms with Crippen LogP contribution in [0.5, 0.6) is 0 Å². The number of rotatable bonds is 5. The van der Waals surface area contributed by atoms with Crippen LogP contribution in [0.3, 0.4) is 0 Å². The van der Waals surface area contributed by atoms with Gasteiger partial charge in [-0.2, -0.15) is 10.2 Å². The maximum atomic E-state index is 9.54. The molecular formula is C29H37N9O. The molecule has 3 aliphatic rings. The average molecular weight is 528 g/mol. The Balaban J connectivity index is 1.10. The van der Waals surface area contributed by atoms with Crippen molar-refractivity contribution in [3.8, 4) is 6.07 Å². The summed E-state index contributed by atoms with van der Waals surface area (Å²) in [5, 5.41) is 14.0. The molecule has 0 radical (unpaired) electrons. The van der Waals surface area contributed by atoms with Crippen LogP contribution in [0.25, 0.3) is 10.9 Å². The Bertz CT molecular complexity index is 1340. The van der Waals surface area contributed by atoms with E-state index in [0.717, 1.165) is 106 Å². The van der Waals surface area contributed by atoms with Crippen LogP contribution in [-0.4, -0.2) is 104 Å². The van der Waals surface area contributed by atoms with Crippen LogP contribution in [0.4, 0.5) is 17.5 Å². The number of pyridine rings is 1. The summed E-state index contributed by atoms with van der Waals surface area (Å²) in [5.74, 6) is 1.88. The molecule has 204 valence electrons. The molecule has 6 rings (SSSR count). The van der Waals surface area contributed by atoms with Gasteiger partial charge in [0.05, 0.1) is 23.3 Å². The van der Waals surface area contributed by atoms with E-state index >= 15 is 0 Å². The molecule has 1 aromatic carbocycles. The zero-order valence-electron chi connectivity index (χ0n) is 22.9. The first kappa shape index (κ1) is 25.7. The summed E-state index contributed by atoms with van der Waals surface area (Å²) >= 11 is 0. The summed E-state index contributed by atoms with van der Waals surface area (Å²) in [5.41, 5.74) is 3.52. The van der Waals surface area contributed by atoms with Gasteiger partial charge in [-0.3, -0.25) is 9.88 Å². The molecular weight excluding hydrogens is 490 g/mol. The molecule has 3 saturated heterocycles. The molecule has 2 atom stereocenters. The Hall–Kier alpha value is -3.52. The number of ether oxygens (including phenoxy) is 1. The third-order valence-corrected chi connectivity index (χ3v) is 7.92. The lowest BCUT2D eigenvalue weighted by atomic mass is 10.1. The van der Waals surface area contributed by atoms with Gasteiger partial charge < -0.3 is 24.8 Å². The summed E-state index contributed by atoms with van der Waals surface area (Å²) in [6, 6.07) is 12.3.